The number of piperidine rings is 1. The second kappa shape index (κ2) is 7.48. The van der Waals surface area contributed by atoms with Gasteiger partial charge in [0.25, 0.3) is 0 Å². The van der Waals surface area contributed by atoms with E-state index in [1.165, 1.54) is 12.1 Å². The SMILES string of the molecule is CC(C)Nc1ncc(-c2nc3ccc(F)cc3[nH]2)c(N[C@H]2CCCNC2)n1. The summed E-state index contributed by atoms with van der Waals surface area (Å²) in [7, 11) is 0. The lowest BCUT2D eigenvalue weighted by molar-refractivity contribution is 0.479. The zero-order chi connectivity index (χ0) is 18.8. The molecule has 8 heteroatoms. The molecule has 4 N–H and O–H groups in total. The van der Waals surface area contributed by atoms with Crippen molar-refractivity contribution < 1.29 is 4.39 Å². The molecule has 1 atom stereocenters. The summed E-state index contributed by atoms with van der Waals surface area (Å²) < 4.78 is 13.5. The first-order chi connectivity index (χ1) is 13.1. The Bertz CT molecular complexity index is 931. The van der Waals surface area contributed by atoms with Crippen LogP contribution in [-0.4, -0.2) is 45.1 Å². The number of H-pyrrole nitrogens is 1. The Kier molecular flexibility index (Phi) is 4.89. The van der Waals surface area contributed by atoms with E-state index in [-0.39, 0.29) is 11.9 Å². The lowest BCUT2D eigenvalue weighted by atomic mass is 10.1. The average Bonchev–Trinajstić information content (AvgIpc) is 3.05. The number of imidazole rings is 1. The van der Waals surface area contributed by atoms with Crippen molar-refractivity contribution in [3.63, 3.8) is 0 Å². The maximum atomic E-state index is 13.5. The largest absolute Gasteiger partial charge is 0.365 e. The molecule has 27 heavy (non-hydrogen) atoms. The van der Waals surface area contributed by atoms with E-state index in [2.05, 4.69) is 35.9 Å². The van der Waals surface area contributed by atoms with Crippen molar-refractivity contribution in [3.05, 3.63) is 30.2 Å². The fourth-order valence-electron chi connectivity index (χ4n) is 3.27. The van der Waals surface area contributed by atoms with Gasteiger partial charge in [-0.1, -0.05) is 0 Å². The van der Waals surface area contributed by atoms with Crippen molar-refractivity contribution in [2.24, 2.45) is 0 Å². The van der Waals surface area contributed by atoms with Gasteiger partial charge in [0.1, 0.15) is 17.5 Å². The van der Waals surface area contributed by atoms with Crippen LogP contribution < -0.4 is 16.0 Å². The molecule has 2 aromatic heterocycles. The average molecular weight is 369 g/mol. The normalized spacial score (nSPS) is 17.4. The van der Waals surface area contributed by atoms with Gasteiger partial charge in [0, 0.05) is 24.8 Å². The molecule has 3 heterocycles. The van der Waals surface area contributed by atoms with Gasteiger partial charge in [-0.15, -0.1) is 0 Å². The number of aromatic amines is 1. The molecule has 3 aromatic rings. The van der Waals surface area contributed by atoms with E-state index in [1.807, 2.05) is 13.8 Å². The molecule has 0 spiro atoms. The minimum atomic E-state index is -0.294. The highest BCUT2D eigenvalue weighted by molar-refractivity contribution is 5.82. The summed E-state index contributed by atoms with van der Waals surface area (Å²) in [6.07, 6.45) is 3.96. The third-order valence-electron chi connectivity index (χ3n) is 4.54. The molecule has 0 unspecified atom stereocenters. The van der Waals surface area contributed by atoms with Crippen molar-refractivity contribution >= 4 is 22.8 Å². The van der Waals surface area contributed by atoms with Crippen molar-refractivity contribution in [1.29, 1.82) is 0 Å². The number of anilines is 2. The van der Waals surface area contributed by atoms with Crippen molar-refractivity contribution in [2.75, 3.05) is 23.7 Å². The predicted octanol–water partition coefficient (Wildman–Crippen LogP) is 3.14. The third kappa shape index (κ3) is 4.00. The van der Waals surface area contributed by atoms with E-state index in [0.717, 1.165) is 37.3 Å². The van der Waals surface area contributed by atoms with E-state index < -0.39 is 0 Å². The summed E-state index contributed by atoms with van der Waals surface area (Å²) in [5, 5.41) is 10.2. The Labute approximate surface area is 157 Å². The Morgan fingerprint density at radius 3 is 2.93 bits per heavy atom. The standard InChI is InChI=1S/C19H24FN7/c1-11(2)23-19-22-10-14(17(27-19)24-13-4-3-7-21-9-13)18-25-15-6-5-12(20)8-16(15)26-18/h5-6,8,10-11,13,21H,3-4,7,9H2,1-2H3,(H,25,26)(H2,22,23,24,27)/t13-/m0/s1. The minimum Gasteiger partial charge on any atom is -0.365 e. The van der Waals surface area contributed by atoms with E-state index >= 15 is 0 Å². The summed E-state index contributed by atoms with van der Waals surface area (Å²) in [4.78, 5) is 16.9. The van der Waals surface area contributed by atoms with E-state index in [0.29, 0.717) is 28.8 Å². The van der Waals surface area contributed by atoms with E-state index in [4.69, 9.17) is 0 Å². The molecule has 0 aliphatic carbocycles. The van der Waals surface area contributed by atoms with Gasteiger partial charge >= 0.3 is 0 Å². The summed E-state index contributed by atoms with van der Waals surface area (Å²) in [5.41, 5.74) is 2.13. The second-order valence-electron chi connectivity index (χ2n) is 7.19. The molecule has 1 saturated heterocycles. The summed E-state index contributed by atoms with van der Waals surface area (Å²) in [6.45, 7) is 6.03. The Morgan fingerprint density at radius 2 is 2.15 bits per heavy atom. The maximum absolute atomic E-state index is 13.5. The molecule has 1 fully saturated rings. The lowest BCUT2D eigenvalue weighted by Crippen LogP contribution is -2.38. The van der Waals surface area contributed by atoms with Crippen LogP contribution in [0, 0.1) is 5.82 Å². The summed E-state index contributed by atoms with van der Waals surface area (Å²) in [5.74, 6) is 1.62. The van der Waals surface area contributed by atoms with Gasteiger partial charge in [0.2, 0.25) is 5.95 Å². The topological polar surface area (TPSA) is 90.5 Å². The summed E-state index contributed by atoms with van der Waals surface area (Å²) >= 11 is 0. The first kappa shape index (κ1) is 17.7. The fraction of sp³-hybridized carbons (Fsp3) is 0.421. The van der Waals surface area contributed by atoms with Crippen molar-refractivity contribution in [3.8, 4) is 11.4 Å². The summed E-state index contributed by atoms with van der Waals surface area (Å²) in [6, 6.07) is 5.04. The first-order valence-electron chi connectivity index (χ1n) is 9.35. The second-order valence-corrected chi connectivity index (χ2v) is 7.19. The minimum absolute atomic E-state index is 0.231. The van der Waals surface area contributed by atoms with Crippen molar-refractivity contribution in [1.82, 2.24) is 25.3 Å². The zero-order valence-electron chi connectivity index (χ0n) is 15.5. The highest BCUT2D eigenvalue weighted by Crippen LogP contribution is 2.28. The number of nitrogens with zero attached hydrogens (tertiary/aromatic N) is 3. The highest BCUT2D eigenvalue weighted by Gasteiger charge is 2.19. The molecule has 142 valence electrons. The van der Waals surface area contributed by atoms with Crippen LogP contribution in [0.15, 0.2) is 24.4 Å². The number of rotatable bonds is 5. The first-order valence-corrected chi connectivity index (χ1v) is 9.35. The molecule has 0 amide bonds. The Morgan fingerprint density at radius 1 is 1.26 bits per heavy atom. The molecule has 1 aromatic carbocycles. The number of fused-ring (bicyclic) bond motifs is 1. The molecule has 0 saturated carbocycles. The van der Waals surface area contributed by atoms with Gasteiger partial charge in [0.15, 0.2) is 0 Å². The molecular weight excluding hydrogens is 345 g/mol. The zero-order valence-corrected chi connectivity index (χ0v) is 15.5. The third-order valence-corrected chi connectivity index (χ3v) is 4.54. The number of hydrogen-bond donors (Lipinski definition) is 4. The van der Waals surface area contributed by atoms with Crippen LogP contribution in [0.1, 0.15) is 26.7 Å². The monoisotopic (exact) mass is 369 g/mol. The van der Waals surface area contributed by atoms with Gasteiger partial charge < -0.3 is 20.9 Å². The van der Waals surface area contributed by atoms with Crippen LogP contribution in [0.25, 0.3) is 22.4 Å². The van der Waals surface area contributed by atoms with E-state index in [9.17, 15) is 4.39 Å². The molecule has 4 rings (SSSR count). The lowest BCUT2D eigenvalue weighted by Gasteiger charge is -2.25. The molecular formula is C19H24FN7. The number of hydrogen-bond acceptors (Lipinski definition) is 6. The van der Waals surface area contributed by atoms with Crippen LogP contribution in [0.4, 0.5) is 16.2 Å². The van der Waals surface area contributed by atoms with Gasteiger partial charge in [0.05, 0.1) is 16.6 Å². The van der Waals surface area contributed by atoms with Crippen LogP contribution in [-0.2, 0) is 0 Å². The van der Waals surface area contributed by atoms with Crippen LogP contribution in [0.2, 0.25) is 0 Å². The fourth-order valence-corrected chi connectivity index (χ4v) is 3.27. The Balaban J connectivity index is 1.72. The van der Waals surface area contributed by atoms with E-state index in [1.54, 1.807) is 12.3 Å². The number of benzene rings is 1. The number of aromatic nitrogens is 4. The number of nitrogens with one attached hydrogen (secondary N) is 4. The maximum Gasteiger partial charge on any atom is 0.224 e. The van der Waals surface area contributed by atoms with Crippen molar-refractivity contribution in [2.45, 2.75) is 38.8 Å². The number of halogens is 1. The molecule has 1 aliphatic heterocycles. The van der Waals surface area contributed by atoms with Gasteiger partial charge in [-0.05, 0) is 51.4 Å². The van der Waals surface area contributed by atoms with Crippen LogP contribution >= 0.6 is 0 Å². The molecule has 0 radical (unpaired) electrons. The quantitative estimate of drug-likeness (QED) is 0.552. The van der Waals surface area contributed by atoms with Crippen LogP contribution in [0.3, 0.4) is 0 Å². The van der Waals surface area contributed by atoms with Gasteiger partial charge in [-0.25, -0.2) is 14.4 Å². The molecule has 1 aliphatic rings. The molecule has 7 nitrogen and oxygen atoms in total. The van der Waals surface area contributed by atoms with Gasteiger partial charge in [-0.2, -0.15) is 4.98 Å². The highest BCUT2D eigenvalue weighted by atomic mass is 19.1. The van der Waals surface area contributed by atoms with Crippen LogP contribution in [0.5, 0.6) is 0 Å². The smallest absolute Gasteiger partial charge is 0.224 e. The molecule has 0 bridgehead atoms. The van der Waals surface area contributed by atoms with Gasteiger partial charge in [-0.3, -0.25) is 0 Å². The predicted molar refractivity (Wildman–Crippen MR) is 105 cm³/mol. The Hall–Kier alpha value is -2.74.